The summed E-state index contributed by atoms with van der Waals surface area (Å²) in [6.45, 7) is 2.54. The number of hydrogen-bond acceptors (Lipinski definition) is 4. The molecule has 4 rings (SSSR count). The van der Waals surface area contributed by atoms with Crippen molar-refractivity contribution in [3.05, 3.63) is 89.6 Å². The highest BCUT2D eigenvalue weighted by Crippen LogP contribution is 2.29. The van der Waals surface area contributed by atoms with Crippen LogP contribution < -0.4 is 10.1 Å². The fraction of sp³-hybridized carbons (Fsp3) is 0.357. The molecule has 0 aliphatic heterocycles. The smallest absolute Gasteiger partial charge is 0.290 e. The third-order valence-electron chi connectivity index (χ3n) is 6.28. The number of halogens is 1. The maximum Gasteiger partial charge on any atom is 0.290 e. The van der Waals surface area contributed by atoms with Gasteiger partial charge in [-0.05, 0) is 67.3 Å². The Bertz CT molecular complexity index is 1090. The van der Waals surface area contributed by atoms with E-state index in [0.29, 0.717) is 23.5 Å². The van der Waals surface area contributed by atoms with Crippen LogP contribution in [0.25, 0.3) is 0 Å². The topological polar surface area (TPSA) is 71.8 Å². The standard InChI is InChI=1S/C28H31FN2O4/c1-2-34-24-16-12-21(13-17-24)26(27(32)30-23-7-4-3-5-8-23)31(28(33)25-9-6-18-35-25)19-20-10-14-22(29)15-11-20/h6,9-18,23,26H,2-5,7-8,19H2,1H3,(H,30,32)/t26-/m0/s1. The van der Waals surface area contributed by atoms with E-state index in [1.54, 1.807) is 36.4 Å². The van der Waals surface area contributed by atoms with E-state index in [1.807, 2.05) is 19.1 Å². The van der Waals surface area contributed by atoms with Crippen molar-refractivity contribution in [3.8, 4) is 5.75 Å². The lowest BCUT2D eigenvalue weighted by Crippen LogP contribution is -2.46. The summed E-state index contributed by atoms with van der Waals surface area (Å²) >= 11 is 0. The Morgan fingerprint density at radius 1 is 1.06 bits per heavy atom. The first kappa shape index (κ1) is 24.5. The van der Waals surface area contributed by atoms with Gasteiger partial charge in [-0.15, -0.1) is 0 Å². The van der Waals surface area contributed by atoms with Gasteiger partial charge in [0, 0.05) is 12.6 Å². The fourth-order valence-electron chi connectivity index (χ4n) is 4.52. The highest BCUT2D eigenvalue weighted by Gasteiger charge is 2.34. The van der Waals surface area contributed by atoms with Gasteiger partial charge < -0.3 is 19.4 Å². The third-order valence-corrected chi connectivity index (χ3v) is 6.28. The van der Waals surface area contributed by atoms with Crippen LogP contribution in [0, 0.1) is 5.82 Å². The normalized spacial score (nSPS) is 14.8. The van der Waals surface area contributed by atoms with Gasteiger partial charge in [-0.1, -0.05) is 43.5 Å². The van der Waals surface area contributed by atoms with Crippen LogP contribution in [-0.2, 0) is 11.3 Å². The van der Waals surface area contributed by atoms with E-state index in [0.717, 1.165) is 25.7 Å². The summed E-state index contributed by atoms with van der Waals surface area (Å²) in [6, 6.07) is 15.5. The number of carbonyl (C=O) groups excluding carboxylic acids is 2. The van der Waals surface area contributed by atoms with Gasteiger partial charge in [0.05, 0.1) is 12.9 Å². The van der Waals surface area contributed by atoms with E-state index in [4.69, 9.17) is 9.15 Å². The first-order valence-corrected chi connectivity index (χ1v) is 12.2. The number of carbonyl (C=O) groups is 2. The number of nitrogens with one attached hydrogen (secondary N) is 1. The summed E-state index contributed by atoms with van der Waals surface area (Å²) in [5, 5.41) is 3.18. The second-order valence-electron chi connectivity index (χ2n) is 8.78. The van der Waals surface area contributed by atoms with Gasteiger partial charge in [0.1, 0.15) is 17.6 Å². The van der Waals surface area contributed by atoms with Crippen LogP contribution in [-0.4, -0.2) is 29.4 Å². The van der Waals surface area contributed by atoms with E-state index in [2.05, 4.69) is 5.32 Å². The number of hydrogen-bond donors (Lipinski definition) is 1. The van der Waals surface area contributed by atoms with Gasteiger partial charge in [-0.25, -0.2) is 4.39 Å². The quantitative estimate of drug-likeness (QED) is 0.431. The minimum Gasteiger partial charge on any atom is -0.494 e. The zero-order valence-corrected chi connectivity index (χ0v) is 19.9. The molecule has 2 amide bonds. The minimum absolute atomic E-state index is 0.0767. The first-order valence-electron chi connectivity index (χ1n) is 12.2. The molecule has 35 heavy (non-hydrogen) atoms. The van der Waals surface area contributed by atoms with E-state index in [9.17, 15) is 14.0 Å². The lowest BCUT2D eigenvalue weighted by atomic mass is 9.94. The van der Waals surface area contributed by atoms with E-state index < -0.39 is 11.9 Å². The van der Waals surface area contributed by atoms with Gasteiger partial charge in [-0.3, -0.25) is 9.59 Å². The SMILES string of the molecule is CCOc1ccc([C@@H](C(=O)NC2CCCCC2)N(Cc2ccc(F)cc2)C(=O)c2ccco2)cc1. The van der Waals surface area contributed by atoms with Crippen LogP contribution in [0.3, 0.4) is 0 Å². The summed E-state index contributed by atoms with van der Waals surface area (Å²) in [7, 11) is 0. The molecule has 184 valence electrons. The zero-order valence-electron chi connectivity index (χ0n) is 19.9. The maximum absolute atomic E-state index is 13.8. The molecule has 3 aromatic rings. The van der Waals surface area contributed by atoms with Gasteiger partial charge in [0.2, 0.25) is 5.91 Å². The van der Waals surface area contributed by atoms with Crippen molar-refractivity contribution in [2.45, 2.75) is 57.7 Å². The molecule has 0 bridgehead atoms. The number of benzene rings is 2. The van der Waals surface area contributed by atoms with Crippen molar-refractivity contribution in [2.24, 2.45) is 0 Å². The van der Waals surface area contributed by atoms with Crippen LogP contribution >= 0.6 is 0 Å². The number of rotatable bonds is 9. The average Bonchev–Trinajstić information content (AvgIpc) is 3.41. The zero-order chi connectivity index (χ0) is 24.6. The van der Waals surface area contributed by atoms with Crippen molar-refractivity contribution in [3.63, 3.8) is 0 Å². The Kier molecular flexibility index (Phi) is 8.19. The van der Waals surface area contributed by atoms with E-state index >= 15 is 0 Å². The van der Waals surface area contributed by atoms with Crippen LogP contribution in [0.2, 0.25) is 0 Å². The largest absolute Gasteiger partial charge is 0.494 e. The van der Waals surface area contributed by atoms with Gasteiger partial charge in [-0.2, -0.15) is 0 Å². The predicted octanol–water partition coefficient (Wildman–Crippen LogP) is 5.65. The molecule has 1 saturated carbocycles. The third kappa shape index (κ3) is 6.29. The highest BCUT2D eigenvalue weighted by molar-refractivity contribution is 5.96. The highest BCUT2D eigenvalue weighted by atomic mass is 19.1. The lowest BCUT2D eigenvalue weighted by molar-refractivity contribution is -0.127. The Morgan fingerprint density at radius 3 is 2.40 bits per heavy atom. The number of furan rings is 1. The Balaban J connectivity index is 1.71. The van der Waals surface area contributed by atoms with Crippen LogP contribution in [0.15, 0.2) is 71.3 Å². The van der Waals surface area contributed by atoms with Crippen LogP contribution in [0.1, 0.15) is 66.8 Å². The fourth-order valence-corrected chi connectivity index (χ4v) is 4.52. The van der Waals surface area contributed by atoms with Crippen LogP contribution in [0.4, 0.5) is 4.39 Å². The van der Waals surface area contributed by atoms with E-state index in [-0.39, 0.29) is 30.1 Å². The molecule has 0 radical (unpaired) electrons. The molecule has 1 aliphatic carbocycles. The molecule has 0 spiro atoms. The molecule has 1 atom stereocenters. The summed E-state index contributed by atoms with van der Waals surface area (Å²) in [5.41, 5.74) is 1.36. The molecule has 2 aromatic carbocycles. The second kappa shape index (κ2) is 11.7. The molecule has 7 heteroatoms. The monoisotopic (exact) mass is 478 g/mol. The van der Waals surface area contributed by atoms with Crippen molar-refractivity contribution >= 4 is 11.8 Å². The molecular weight excluding hydrogens is 447 g/mol. The Hall–Kier alpha value is -3.61. The Labute approximate surface area is 205 Å². The number of amides is 2. The molecule has 1 N–H and O–H groups in total. The van der Waals surface area contributed by atoms with Gasteiger partial charge >= 0.3 is 0 Å². The van der Waals surface area contributed by atoms with Gasteiger partial charge in [0.25, 0.3) is 5.91 Å². The molecule has 1 aliphatic rings. The summed E-state index contributed by atoms with van der Waals surface area (Å²) < 4.78 is 24.5. The summed E-state index contributed by atoms with van der Waals surface area (Å²) in [6.07, 6.45) is 6.59. The van der Waals surface area contributed by atoms with Crippen molar-refractivity contribution in [1.29, 1.82) is 0 Å². The van der Waals surface area contributed by atoms with Crippen molar-refractivity contribution < 1.29 is 23.1 Å². The van der Waals surface area contributed by atoms with E-state index in [1.165, 1.54) is 29.7 Å². The maximum atomic E-state index is 13.8. The molecule has 1 fully saturated rings. The number of nitrogens with zero attached hydrogens (tertiary/aromatic N) is 1. The predicted molar refractivity (Wildman–Crippen MR) is 130 cm³/mol. The lowest BCUT2D eigenvalue weighted by Gasteiger charge is -2.33. The molecule has 0 saturated heterocycles. The molecule has 1 aromatic heterocycles. The van der Waals surface area contributed by atoms with Crippen molar-refractivity contribution in [2.75, 3.05) is 6.61 Å². The van der Waals surface area contributed by atoms with Crippen molar-refractivity contribution in [1.82, 2.24) is 10.2 Å². The minimum atomic E-state index is -0.907. The summed E-state index contributed by atoms with van der Waals surface area (Å²) in [4.78, 5) is 28.9. The molecular formula is C28H31FN2O4. The molecule has 0 unspecified atom stereocenters. The Morgan fingerprint density at radius 2 is 1.77 bits per heavy atom. The van der Waals surface area contributed by atoms with Crippen LogP contribution in [0.5, 0.6) is 5.75 Å². The van der Waals surface area contributed by atoms with Gasteiger partial charge in [0.15, 0.2) is 5.76 Å². The second-order valence-corrected chi connectivity index (χ2v) is 8.78. The summed E-state index contributed by atoms with van der Waals surface area (Å²) in [5.74, 6) is -0.213. The molecule has 6 nitrogen and oxygen atoms in total. The number of ether oxygens (including phenoxy) is 1. The molecule has 1 heterocycles. The first-order chi connectivity index (χ1) is 17.0. The average molecular weight is 479 g/mol.